The zero-order chi connectivity index (χ0) is 16.2. The van der Waals surface area contributed by atoms with E-state index in [1.807, 2.05) is 12.1 Å². The first-order valence-electron chi connectivity index (χ1n) is 7.62. The largest absolute Gasteiger partial charge is 0.361 e. The van der Waals surface area contributed by atoms with Gasteiger partial charge >= 0.3 is 0 Å². The predicted molar refractivity (Wildman–Crippen MR) is 84.6 cm³/mol. The molecule has 1 aromatic rings. The molecule has 2 amide bonds. The number of carbonyl (C=O) groups is 2. The summed E-state index contributed by atoms with van der Waals surface area (Å²) in [5, 5.41) is 2.67. The van der Waals surface area contributed by atoms with E-state index in [9.17, 15) is 9.59 Å². The SMILES string of the molecule is CC(C)(C)c1ccc(C(=O)NCC(=O)N2CCCOC2)cc1. The Kier molecular flexibility index (Phi) is 5.19. The first-order valence-corrected chi connectivity index (χ1v) is 7.62. The van der Waals surface area contributed by atoms with Crippen LogP contribution in [0.2, 0.25) is 0 Å². The molecule has 22 heavy (non-hydrogen) atoms. The summed E-state index contributed by atoms with van der Waals surface area (Å²) in [6.45, 7) is 8.08. The van der Waals surface area contributed by atoms with Gasteiger partial charge in [-0.1, -0.05) is 32.9 Å². The number of amides is 2. The van der Waals surface area contributed by atoms with Gasteiger partial charge in [0.1, 0.15) is 6.73 Å². The molecule has 1 saturated heterocycles. The van der Waals surface area contributed by atoms with Crippen molar-refractivity contribution in [2.24, 2.45) is 0 Å². The average molecular weight is 304 g/mol. The lowest BCUT2D eigenvalue weighted by Gasteiger charge is -2.26. The number of hydrogen-bond donors (Lipinski definition) is 1. The molecule has 120 valence electrons. The molecule has 0 radical (unpaired) electrons. The van der Waals surface area contributed by atoms with E-state index >= 15 is 0 Å². The van der Waals surface area contributed by atoms with Crippen molar-refractivity contribution in [3.8, 4) is 0 Å². The van der Waals surface area contributed by atoms with Gasteiger partial charge in [0.15, 0.2) is 0 Å². The average Bonchev–Trinajstić information content (AvgIpc) is 2.52. The van der Waals surface area contributed by atoms with E-state index in [0.717, 1.165) is 6.42 Å². The van der Waals surface area contributed by atoms with Crippen LogP contribution < -0.4 is 5.32 Å². The number of rotatable bonds is 3. The van der Waals surface area contributed by atoms with Crippen LogP contribution in [0.1, 0.15) is 43.1 Å². The monoisotopic (exact) mass is 304 g/mol. The molecule has 1 fully saturated rings. The Morgan fingerprint density at radius 3 is 2.45 bits per heavy atom. The molecule has 0 spiro atoms. The van der Waals surface area contributed by atoms with Crippen molar-refractivity contribution in [3.05, 3.63) is 35.4 Å². The molecule has 5 heteroatoms. The van der Waals surface area contributed by atoms with Crippen LogP contribution in [0.25, 0.3) is 0 Å². The molecule has 5 nitrogen and oxygen atoms in total. The maximum absolute atomic E-state index is 12.1. The Balaban J connectivity index is 1.88. The smallest absolute Gasteiger partial charge is 0.251 e. The highest BCUT2D eigenvalue weighted by atomic mass is 16.5. The van der Waals surface area contributed by atoms with Gasteiger partial charge in [-0.25, -0.2) is 0 Å². The van der Waals surface area contributed by atoms with E-state index in [4.69, 9.17) is 4.74 Å². The molecule has 0 atom stereocenters. The number of hydrogen-bond acceptors (Lipinski definition) is 3. The van der Waals surface area contributed by atoms with Gasteiger partial charge in [-0.15, -0.1) is 0 Å². The van der Waals surface area contributed by atoms with Gasteiger partial charge in [-0.2, -0.15) is 0 Å². The standard InChI is InChI=1S/C17H24N2O3/c1-17(2,3)14-7-5-13(6-8-14)16(21)18-11-15(20)19-9-4-10-22-12-19/h5-8H,4,9-12H2,1-3H3,(H,18,21). The number of carbonyl (C=O) groups excluding carboxylic acids is 2. The Morgan fingerprint density at radius 2 is 1.91 bits per heavy atom. The number of benzene rings is 1. The highest BCUT2D eigenvalue weighted by Gasteiger charge is 2.18. The maximum atomic E-state index is 12.1. The molecule has 0 aliphatic carbocycles. The fourth-order valence-electron chi connectivity index (χ4n) is 2.28. The van der Waals surface area contributed by atoms with Crippen molar-refractivity contribution in [3.63, 3.8) is 0 Å². The molecule has 0 bridgehead atoms. The molecular formula is C17H24N2O3. The minimum atomic E-state index is -0.230. The molecule has 1 aromatic carbocycles. The summed E-state index contributed by atoms with van der Waals surface area (Å²) in [4.78, 5) is 25.6. The Labute approximate surface area is 131 Å². The van der Waals surface area contributed by atoms with Crippen LogP contribution in [0, 0.1) is 0 Å². The molecule has 2 rings (SSSR count). The molecule has 1 aliphatic rings. The maximum Gasteiger partial charge on any atom is 0.251 e. The highest BCUT2D eigenvalue weighted by molar-refractivity contribution is 5.96. The first kappa shape index (κ1) is 16.5. The zero-order valence-electron chi connectivity index (χ0n) is 13.5. The van der Waals surface area contributed by atoms with Gasteiger partial charge < -0.3 is 15.0 Å². The molecule has 0 saturated carbocycles. The van der Waals surface area contributed by atoms with E-state index in [0.29, 0.717) is 25.4 Å². The van der Waals surface area contributed by atoms with E-state index in [1.54, 1.807) is 17.0 Å². The fraction of sp³-hybridized carbons (Fsp3) is 0.529. The lowest BCUT2D eigenvalue weighted by Crippen LogP contribution is -2.44. The lowest BCUT2D eigenvalue weighted by molar-refractivity contribution is -0.139. The second kappa shape index (κ2) is 6.92. The minimum Gasteiger partial charge on any atom is -0.361 e. The minimum absolute atomic E-state index is 0.00319. The summed E-state index contributed by atoms with van der Waals surface area (Å²) in [5.41, 5.74) is 1.79. The van der Waals surface area contributed by atoms with Crippen LogP contribution in [0.4, 0.5) is 0 Å². The number of nitrogens with one attached hydrogen (secondary N) is 1. The van der Waals surface area contributed by atoms with Crippen LogP contribution >= 0.6 is 0 Å². The van der Waals surface area contributed by atoms with Gasteiger partial charge in [0.25, 0.3) is 5.91 Å². The van der Waals surface area contributed by atoms with E-state index in [2.05, 4.69) is 26.1 Å². The van der Waals surface area contributed by atoms with Crippen LogP contribution in [0.3, 0.4) is 0 Å². The van der Waals surface area contributed by atoms with Crippen molar-refractivity contribution in [1.29, 1.82) is 0 Å². The molecule has 1 aliphatic heterocycles. The van der Waals surface area contributed by atoms with Gasteiger partial charge in [0, 0.05) is 12.1 Å². The number of ether oxygens (including phenoxy) is 1. The van der Waals surface area contributed by atoms with Gasteiger partial charge in [0.2, 0.25) is 5.91 Å². The van der Waals surface area contributed by atoms with Crippen molar-refractivity contribution < 1.29 is 14.3 Å². The van der Waals surface area contributed by atoms with Crippen LogP contribution in [0.5, 0.6) is 0 Å². The van der Waals surface area contributed by atoms with Crippen molar-refractivity contribution in [2.45, 2.75) is 32.6 Å². The van der Waals surface area contributed by atoms with E-state index in [1.165, 1.54) is 5.56 Å². The zero-order valence-corrected chi connectivity index (χ0v) is 13.5. The van der Waals surface area contributed by atoms with E-state index in [-0.39, 0.29) is 23.8 Å². The van der Waals surface area contributed by atoms with Crippen molar-refractivity contribution in [1.82, 2.24) is 10.2 Å². The molecule has 0 unspecified atom stereocenters. The predicted octanol–water partition coefficient (Wildman–Crippen LogP) is 1.92. The third-order valence-electron chi connectivity index (χ3n) is 3.73. The molecule has 1 heterocycles. The Hall–Kier alpha value is -1.88. The third kappa shape index (κ3) is 4.31. The third-order valence-corrected chi connectivity index (χ3v) is 3.73. The summed E-state index contributed by atoms with van der Waals surface area (Å²) in [5.74, 6) is -0.342. The molecular weight excluding hydrogens is 280 g/mol. The van der Waals surface area contributed by atoms with Gasteiger partial charge in [-0.3, -0.25) is 9.59 Å². The molecule has 0 aromatic heterocycles. The Morgan fingerprint density at radius 1 is 1.23 bits per heavy atom. The van der Waals surface area contributed by atoms with Crippen LogP contribution in [-0.4, -0.2) is 43.1 Å². The summed E-state index contributed by atoms with van der Waals surface area (Å²) >= 11 is 0. The number of nitrogens with zero attached hydrogens (tertiary/aromatic N) is 1. The van der Waals surface area contributed by atoms with Crippen molar-refractivity contribution in [2.75, 3.05) is 26.4 Å². The van der Waals surface area contributed by atoms with Crippen LogP contribution in [0.15, 0.2) is 24.3 Å². The van der Waals surface area contributed by atoms with Gasteiger partial charge in [-0.05, 0) is 29.5 Å². The summed E-state index contributed by atoms with van der Waals surface area (Å²) < 4.78 is 5.23. The van der Waals surface area contributed by atoms with Crippen LogP contribution in [-0.2, 0) is 14.9 Å². The summed E-state index contributed by atoms with van der Waals surface area (Å²) in [6.07, 6.45) is 0.841. The summed E-state index contributed by atoms with van der Waals surface area (Å²) in [7, 11) is 0. The topological polar surface area (TPSA) is 58.6 Å². The second-order valence-corrected chi connectivity index (χ2v) is 6.56. The fourth-order valence-corrected chi connectivity index (χ4v) is 2.28. The highest BCUT2D eigenvalue weighted by Crippen LogP contribution is 2.22. The quantitative estimate of drug-likeness (QED) is 0.928. The normalized spacial score (nSPS) is 15.5. The lowest BCUT2D eigenvalue weighted by atomic mass is 9.87. The van der Waals surface area contributed by atoms with E-state index < -0.39 is 0 Å². The second-order valence-electron chi connectivity index (χ2n) is 6.56. The molecule has 1 N–H and O–H groups in total. The van der Waals surface area contributed by atoms with Crippen molar-refractivity contribution >= 4 is 11.8 Å². The van der Waals surface area contributed by atoms with Gasteiger partial charge in [0.05, 0.1) is 13.2 Å². The first-order chi connectivity index (χ1) is 10.4. The summed E-state index contributed by atoms with van der Waals surface area (Å²) in [6, 6.07) is 7.50. The Bertz CT molecular complexity index is 526.